The minimum absolute atomic E-state index is 0.459. The van der Waals surface area contributed by atoms with Crippen LogP contribution in [0.15, 0.2) is 18.7 Å². The van der Waals surface area contributed by atoms with Gasteiger partial charge in [-0.3, -0.25) is 0 Å². The fourth-order valence-electron chi connectivity index (χ4n) is 0.856. The van der Waals surface area contributed by atoms with Crippen molar-refractivity contribution in [1.29, 1.82) is 0 Å². The molecule has 1 N–H and O–H groups in total. The summed E-state index contributed by atoms with van der Waals surface area (Å²) in [5, 5.41) is 2.94. The molecule has 0 aliphatic carbocycles. The van der Waals surface area contributed by atoms with E-state index in [0.717, 1.165) is 0 Å². The molecule has 0 saturated heterocycles. The maximum atomic E-state index is 4.98. The lowest BCUT2D eigenvalue weighted by Crippen LogP contribution is -2.04. The third kappa shape index (κ3) is 2.62. The van der Waals surface area contributed by atoms with Gasteiger partial charge in [0.2, 0.25) is 17.7 Å². The lowest BCUT2D eigenvalue weighted by molar-refractivity contribution is 0.373. The van der Waals surface area contributed by atoms with Gasteiger partial charge >= 0.3 is 0 Å². The number of rotatable bonds is 5. The van der Waals surface area contributed by atoms with Crippen molar-refractivity contribution in [2.45, 2.75) is 0 Å². The minimum atomic E-state index is 0.459. The SMILES string of the molecule is C=CCNc1nc(OC)cc(OC)n1. The van der Waals surface area contributed by atoms with Crippen molar-refractivity contribution >= 4 is 5.95 Å². The van der Waals surface area contributed by atoms with Crippen molar-refractivity contribution in [3.8, 4) is 11.8 Å². The Hall–Kier alpha value is -1.78. The molecular formula is C9H13N3O2. The Bertz CT molecular complexity index is 293. The molecule has 76 valence electrons. The van der Waals surface area contributed by atoms with Crippen molar-refractivity contribution in [2.75, 3.05) is 26.1 Å². The van der Waals surface area contributed by atoms with Crippen LogP contribution in [0.1, 0.15) is 0 Å². The fourth-order valence-corrected chi connectivity index (χ4v) is 0.856. The molecular weight excluding hydrogens is 182 g/mol. The second kappa shape index (κ2) is 5.06. The Morgan fingerprint density at radius 2 is 1.93 bits per heavy atom. The highest BCUT2D eigenvalue weighted by Gasteiger charge is 2.03. The predicted octanol–water partition coefficient (Wildman–Crippen LogP) is 1.09. The molecule has 0 fully saturated rings. The summed E-state index contributed by atoms with van der Waals surface area (Å²) in [7, 11) is 3.08. The summed E-state index contributed by atoms with van der Waals surface area (Å²) < 4.78 is 9.96. The van der Waals surface area contributed by atoms with E-state index in [1.807, 2.05) is 0 Å². The molecule has 0 bridgehead atoms. The molecule has 1 rings (SSSR count). The van der Waals surface area contributed by atoms with Crippen LogP contribution < -0.4 is 14.8 Å². The molecule has 0 aliphatic heterocycles. The molecule has 0 spiro atoms. The van der Waals surface area contributed by atoms with E-state index in [1.54, 1.807) is 26.4 Å². The highest BCUT2D eigenvalue weighted by molar-refractivity contribution is 5.33. The van der Waals surface area contributed by atoms with Crippen LogP contribution in [0.3, 0.4) is 0 Å². The van der Waals surface area contributed by atoms with Gasteiger partial charge in [-0.05, 0) is 0 Å². The van der Waals surface area contributed by atoms with Crippen molar-refractivity contribution < 1.29 is 9.47 Å². The van der Waals surface area contributed by atoms with E-state index < -0.39 is 0 Å². The summed E-state index contributed by atoms with van der Waals surface area (Å²) in [5.74, 6) is 1.38. The van der Waals surface area contributed by atoms with Gasteiger partial charge in [-0.15, -0.1) is 6.58 Å². The van der Waals surface area contributed by atoms with E-state index in [9.17, 15) is 0 Å². The lowest BCUT2D eigenvalue weighted by Gasteiger charge is -2.06. The first-order chi connectivity index (χ1) is 6.80. The van der Waals surface area contributed by atoms with E-state index in [4.69, 9.17) is 9.47 Å². The molecule has 0 amide bonds. The average Bonchev–Trinajstić information content (AvgIpc) is 2.25. The molecule has 0 aliphatic rings. The molecule has 14 heavy (non-hydrogen) atoms. The number of ether oxygens (including phenoxy) is 2. The summed E-state index contributed by atoms with van der Waals surface area (Å²) in [6.45, 7) is 4.17. The number of methoxy groups -OCH3 is 2. The molecule has 0 saturated carbocycles. The topological polar surface area (TPSA) is 56.3 Å². The van der Waals surface area contributed by atoms with Crippen LogP contribution in [0.2, 0.25) is 0 Å². The van der Waals surface area contributed by atoms with E-state index >= 15 is 0 Å². The summed E-state index contributed by atoms with van der Waals surface area (Å²) >= 11 is 0. The van der Waals surface area contributed by atoms with E-state index in [-0.39, 0.29) is 0 Å². The summed E-state index contributed by atoms with van der Waals surface area (Å²) in [5.41, 5.74) is 0. The van der Waals surface area contributed by atoms with E-state index in [0.29, 0.717) is 24.3 Å². The summed E-state index contributed by atoms with van der Waals surface area (Å²) in [4.78, 5) is 8.13. The van der Waals surface area contributed by atoms with Gasteiger partial charge in [-0.25, -0.2) is 0 Å². The number of anilines is 1. The third-order valence-electron chi connectivity index (χ3n) is 1.50. The molecule has 0 aromatic carbocycles. The quantitative estimate of drug-likeness (QED) is 0.713. The zero-order valence-corrected chi connectivity index (χ0v) is 8.28. The minimum Gasteiger partial charge on any atom is -0.481 e. The standard InChI is InChI=1S/C9H13N3O2/c1-4-5-10-9-11-7(13-2)6-8(12-9)14-3/h4,6H,1,5H2,2-3H3,(H,10,11,12). The van der Waals surface area contributed by atoms with Gasteiger partial charge in [0.05, 0.1) is 20.3 Å². The highest BCUT2D eigenvalue weighted by atomic mass is 16.5. The van der Waals surface area contributed by atoms with Gasteiger partial charge in [0.15, 0.2) is 0 Å². The van der Waals surface area contributed by atoms with Crippen LogP contribution in [-0.2, 0) is 0 Å². The maximum Gasteiger partial charge on any atom is 0.229 e. The van der Waals surface area contributed by atoms with Gasteiger partial charge in [0.1, 0.15) is 0 Å². The first-order valence-electron chi connectivity index (χ1n) is 4.12. The molecule has 5 heteroatoms. The second-order valence-corrected chi connectivity index (χ2v) is 2.45. The van der Waals surface area contributed by atoms with E-state index in [1.165, 1.54) is 0 Å². The third-order valence-corrected chi connectivity index (χ3v) is 1.50. The number of aromatic nitrogens is 2. The fraction of sp³-hybridized carbons (Fsp3) is 0.333. The first-order valence-corrected chi connectivity index (χ1v) is 4.12. The zero-order chi connectivity index (χ0) is 10.4. The second-order valence-electron chi connectivity index (χ2n) is 2.45. The Kier molecular flexibility index (Phi) is 3.72. The van der Waals surface area contributed by atoms with Gasteiger partial charge in [0.25, 0.3) is 0 Å². The smallest absolute Gasteiger partial charge is 0.229 e. The Morgan fingerprint density at radius 1 is 1.36 bits per heavy atom. The van der Waals surface area contributed by atoms with E-state index in [2.05, 4.69) is 21.9 Å². The van der Waals surface area contributed by atoms with Crippen LogP contribution in [-0.4, -0.2) is 30.7 Å². The van der Waals surface area contributed by atoms with Crippen molar-refractivity contribution in [3.63, 3.8) is 0 Å². The van der Waals surface area contributed by atoms with Gasteiger partial charge < -0.3 is 14.8 Å². The van der Waals surface area contributed by atoms with Gasteiger partial charge in [0, 0.05) is 6.54 Å². The normalized spacial score (nSPS) is 9.29. The highest BCUT2D eigenvalue weighted by Crippen LogP contribution is 2.16. The van der Waals surface area contributed by atoms with Crippen LogP contribution in [0, 0.1) is 0 Å². The Morgan fingerprint density at radius 3 is 2.36 bits per heavy atom. The number of hydrogen-bond donors (Lipinski definition) is 1. The largest absolute Gasteiger partial charge is 0.481 e. The molecule has 1 heterocycles. The van der Waals surface area contributed by atoms with Crippen LogP contribution in [0.5, 0.6) is 11.8 Å². The lowest BCUT2D eigenvalue weighted by atomic mass is 10.5. The molecule has 0 unspecified atom stereocenters. The zero-order valence-electron chi connectivity index (χ0n) is 8.28. The number of hydrogen-bond acceptors (Lipinski definition) is 5. The molecule has 1 aromatic rings. The monoisotopic (exact) mass is 195 g/mol. The Balaban J connectivity index is 2.86. The van der Waals surface area contributed by atoms with Crippen LogP contribution in [0.25, 0.3) is 0 Å². The predicted molar refractivity (Wildman–Crippen MR) is 53.8 cm³/mol. The number of nitrogens with one attached hydrogen (secondary N) is 1. The maximum absolute atomic E-state index is 4.98. The van der Waals surface area contributed by atoms with Crippen LogP contribution >= 0.6 is 0 Å². The summed E-state index contributed by atoms with van der Waals surface area (Å²) in [6.07, 6.45) is 1.72. The molecule has 5 nitrogen and oxygen atoms in total. The van der Waals surface area contributed by atoms with Crippen LogP contribution in [0.4, 0.5) is 5.95 Å². The van der Waals surface area contributed by atoms with Crippen molar-refractivity contribution in [1.82, 2.24) is 9.97 Å². The van der Waals surface area contributed by atoms with Crippen molar-refractivity contribution in [2.24, 2.45) is 0 Å². The molecule has 1 aromatic heterocycles. The summed E-state index contributed by atoms with van der Waals surface area (Å²) in [6, 6.07) is 1.61. The number of nitrogens with zero attached hydrogens (tertiary/aromatic N) is 2. The van der Waals surface area contributed by atoms with Crippen molar-refractivity contribution in [3.05, 3.63) is 18.7 Å². The van der Waals surface area contributed by atoms with Gasteiger partial charge in [-0.2, -0.15) is 9.97 Å². The first kappa shape index (κ1) is 10.3. The molecule has 0 radical (unpaired) electrons. The molecule has 0 atom stereocenters. The van der Waals surface area contributed by atoms with Gasteiger partial charge in [-0.1, -0.05) is 6.08 Å². The Labute approximate surface area is 82.8 Å². The average molecular weight is 195 g/mol.